The average molecular weight is 221 g/mol. The molecule has 84 valence electrons. The highest BCUT2D eigenvalue weighted by molar-refractivity contribution is 5.77. The molecule has 0 aliphatic carbocycles. The normalized spacial score (nSPS) is 19.1. The number of rotatable bonds is 2. The topological polar surface area (TPSA) is 84.3 Å². The van der Waals surface area contributed by atoms with E-state index in [1.165, 1.54) is 6.07 Å². The van der Waals surface area contributed by atoms with Gasteiger partial charge in [0.25, 0.3) is 5.69 Å². The Kier molecular flexibility index (Phi) is 2.47. The van der Waals surface area contributed by atoms with E-state index in [9.17, 15) is 14.9 Å². The second-order valence-corrected chi connectivity index (χ2v) is 3.71. The molecule has 1 aliphatic rings. The van der Waals surface area contributed by atoms with Gasteiger partial charge >= 0.3 is 6.03 Å². The predicted octanol–water partition coefficient (Wildman–Crippen LogP) is 1.26. The third-order valence-corrected chi connectivity index (χ3v) is 2.60. The number of nitrogens with one attached hydrogen (secondary N) is 2. The van der Waals surface area contributed by atoms with E-state index in [4.69, 9.17) is 0 Å². The van der Waals surface area contributed by atoms with Crippen LogP contribution in [-0.4, -0.2) is 17.5 Å². The summed E-state index contributed by atoms with van der Waals surface area (Å²) in [4.78, 5) is 21.3. The van der Waals surface area contributed by atoms with Crippen LogP contribution in [0.2, 0.25) is 0 Å². The highest BCUT2D eigenvalue weighted by Gasteiger charge is 2.23. The quantitative estimate of drug-likeness (QED) is 0.582. The lowest BCUT2D eigenvalue weighted by atomic mass is 10.0. The number of hydrogen-bond acceptors (Lipinski definition) is 3. The van der Waals surface area contributed by atoms with Crippen LogP contribution in [0, 0.1) is 17.0 Å². The van der Waals surface area contributed by atoms with Gasteiger partial charge in [0.05, 0.1) is 11.0 Å². The summed E-state index contributed by atoms with van der Waals surface area (Å²) in [7, 11) is 0. The molecule has 1 saturated heterocycles. The van der Waals surface area contributed by atoms with Gasteiger partial charge in [0.15, 0.2) is 0 Å². The average Bonchev–Trinajstić information content (AvgIpc) is 2.65. The smallest absolute Gasteiger partial charge is 0.315 e. The first kappa shape index (κ1) is 10.4. The zero-order valence-electron chi connectivity index (χ0n) is 8.69. The standard InChI is InChI=1S/C10H11N3O3/c1-6-2-3-7(4-9(6)13(15)16)8-5-11-10(14)12-8/h2-4,8H,5H2,1H3,(H2,11,12,14)/t8-/m0/s1. The van der Waals surface area contributed by atoms with Crippen LogP contribution in [0.1, 0.15) is 17.2 Å². The van der Waals surface area contributed by atoms with Crippen LogP contribution in [0.25, 0.3) is 0 Å². The fourth-order valence-corrected chi connectivity index (χ4v) is 1.70. The lowest BCUT2D eigenvalue weighted by molar-refractivity contribution is -0.385. The number of aryl methyl sites for hydroxylation is 1. The second kappa shape index (κ2) is 3.80. The van der Waals surface area contributed by atoms with E-state index in [1.54, 1.807) is 19.1 Å². The Bertz CT molecular complexity index is 459. The van der Waals surface area contributed by atoms with Crippen molar-refractivity contribution in [2.24, 2.45) is 0 Å². The number of nitro benzene ring substituents is 1. The molecule has 0 spiro atoms. The number of urea groups is 1. The minimum absolute atomic E-state index is 0.0821. The lowest BCUT2D eigenvalue weighted by Crippen LogP contribution is -2.21. The van der Waals surface area contributed by atoms with Crippen LogP contribution in [-0.2, 0) is 0 Å². The number of hydrogen-bond donors (Lipinski definition) is 2. The van der Waals surface area contributed by atoms with E-state index in [0.29, 0.717) is 12.1 Å². The molecule has 1 aliphatic heterocycles. The summed E-state index contributed by atoms with van der Waals surface area (Å²) in [6, 6.07) is 4.56. The predicted molar refractivity (Wildman–Crippen MR) is 57.1 cm³/mol. The van der Waals surface area contributed by atoms with Crippen molar-refractivity contribution in [1.29, 1.82) is 0 Å². The molecule has 2 N–H and O–H groups in total. The number of nitrogens with zero attached hydrogens (tertiary/aromatic N) is 1. The molecule has 1 fully saturated rings. The zero-order valence-corrected chi connectivity index (χ0v) is 8.69. The van der Waals surface area contributed by atoms with Crippen LogP contribution < -0.4 is 10.6 Å². The van der Waals surface area contributed by atoms with Crippen LogP contribution in [0.4, 0.5) is 10.5 Å². The molecule has 2 amide bonds. The van der Waals surface area contributed by atoms with E-state index in [1.807, 2.05) is 0 Å². The third-order valence-electron chi connectivity index (χ3n) is 2.60. The number of nitro groups is 1. The van der Waals surface area contributed by atoms with Gasteiger partial charge < -0.3 is 10.6 Å². The molecule has 0 saturated carbocycles. The summed E-state index contributed by atoms with van der Waals surface area (Å²) >= 11 is 0. The SMILES string of the molecule is Cc1ccc([C@@H]2CNC(=O)N2)cc1[N+](=O)[O-]. The fraction of sp³-hybridized carbons (Fsp3) is 0.300. The zero-order chi connectivity index (χ0) is 11.7. The molecule has 16 heavy (non-hydrogen) atoms. The van der Waals surface area contributed by atoms with Gasteiger partial charge in [-0.2, -0.15) is 0 Å². The molecule has 6 heteroatoms. The van der Waals surface area contributed by atoms with E-state index >= 15 is 0 Å². The molecule has 0 radical (unpaired) electrons. The number of carbonyl (C=O) groups excluding carboxylic acids is 1. The van der Waals surface area contributed by atoms with Gasteiger partial charge in [-0.25, -0.2) is 4.79 Å². The van der Waals surface area contributed by atoms with Gasteiger partial charge in [0.1, 0.15) is 0 Å². The van der Waals surface area contributed by atoms with Crippen molar-refractivity contribution < 1.29 is 9.72 Å². The molecule has 1 aromatic carbocycles. The summed E-state index contributed by atoms with van der Waals surface area (Å²) in [6.45, 7) is 2.15. The molecule has 1 atom stereocenters. The van der Waals surface area contributed by atoms with Crippen LogP contribution in [0.15, 0.2) is 18.2 Å². The Labute approximate surface area is 91.8 Å². The van der Waals surface area contributed by atoms with Gasteiger partial charge in [-0.15, -0.1) is 0 Å². The van der Waals surface area contributed by atoms with Gasteiger partial charge in [0.2, 0.25) is 0 Å². The fourth-order valence-electron chi connectivity index (χ4n) is 1.70. The molecule has 2 rings (SSSR count). The van der Waals surface area contributed by atoms with Crippen molar-refractivity contribution in [2.45, 2.75) is 13.0 Å². The molecule has 1 heterocycles. The van der Waals surface area contributed by atoms with E-state index in [0.717, 1.165) is 5.56 Å². The van der Waals surface area contributed by atoms with Gasteiger partial charge in [0, 0.05) is 18.2 Å². The maximum absolute atomic E-state index is 11.0. The van der Waals surface area contributed by atoms with Crippen molar-refractivity contribution in [2.75, 3.05) is 6.54 Å². The summed E-state index contributed by atoms with van der Waals surface area (Å²) in [5, 5.41) is 16.1. The number of amides is 2. The molecule has 0 unspecified atom stereocenters. The Hall–Kier alpha value is -2.11. The molecular weight excluding hydrogens is 210 g/mol. The highest BCUT2D eigenvalue weighted by Crippen LogP contribution is 2.24. The Morgan fingerprint density at radius 3 is 2.81 bits per heavy atom. The van der Waals surface area contributed by atoms with Crippen molar-refractivity contribution in [3.8, 4) is 0 Å². The van der Waals surface area contributed by atoms with Gasteiger partial charge in [-0.05, 0) is 12.5 Å². The lowest BCUT2D eigenvalue weighted by Gasteiger charge is -2.09. The first-order valence-electron chi connectivity index (χ1n) is 4.87. The van der Waals surface area contributed by atoms with E-state index in [2.05, 4.69) is 10.6 Å². The number of carbonyl (C=O) groups is 1. The summed E-state index contributed by atoms with van der Waals surface area (Å²) in [5.74, 6) is 0. The van der Waals surface area contributed by atoms with Gasteiger partial charge in [-0.3, -0.25) is 10.1 Å². The Balaban J connectivity index is 2.32. The molecule has 1 aromatic rings. The monoisotopic (exact) mass is 221 g/mol. The van der Waals surface area contributed by atoms with Crippen molar-refractivity contribution in [3.05, 3.63) is 39.4 Å². The third kappa shape index (κ3) is 1.81. The molecule has 6 nitrogen and oxygen atoms in total. The highest BCUT2D eigenvalue weighted by atomic mass is 16.6. The van der Waals surface area contributed by atoms with Crippen molar-refractivity contribution >= 4 is 11.7 Å². The van der Waals surface area contributed by atoms with Crippen LogP contribution in [0.5, 0.6) is 0 Å². The van der Waals surface area contributed by atoms with Crippen LogP contribution in [0.3, 0.4) is 0 Å². The van der Waals surface area contributed by atoms with E-state index in [-0.39, 0.29) is 17.8 Å². The van der Waals surface area contributed by atoms with E-state index < -0.39 is 4.92 Å². The van der Waals surface area contributed by atoms with Crippen LogP contribution >= 0.6 is 0 Å². The van der Waals surface area contributed by atoms with Crippen molar-refractivity contribution in [1.82, 2.24) is 10.6 Å². The molecular formula is C10H11N3O3. The largest absolute Gasteiger partial charge is 0.336 e. The first-order chi connectivity index (χ1) is 7.58. The second-order valence-electron chi connectivity index (χ2n) is 3.71. The summed E-state index contributed by atoms with van der Waals surface area (Å²) in [5.41, 5.74) is 1.44. The summed E-state index contributed by atoms with van der Waals surface area (Å²) < 4.78 is 0. The maximum Gasteiger partial charge on any atom is 0.315 e. The van der Waals surface area contributed by atoms with Gasteiger partial charge in [-0.1, -0.05) is 12.1 Å². The minimum atomic E-state index is -0.414. The number of benzene rings is 1. The van der Waals surface area contributed by atoms with Crippen molar-refractivity contribution in [3.63, 3.8) is 0 Å². The molecule has 0 aromatic heterocycles. The minimum Gasteiger partial charge on any atom is -0.336 e. The summed E-state index contributed by atoms with van der Waals surface area (Å²) in [6.07, 6.45) is 0. The maximum atomic E-state index is 11.0. The Morgan fingerprint density at radius 2 is 2.25 bits per heavy atom. The molecule has 0 bridgehead atoms. The Morgan fingerprint density at radius 1 is 1.50 bits per heavy atom. The first-order valence-corrected chi connectivity index (χ1v) is 4.87.